The van der Waals surface area contributed by atoms with E-state index in [0.29, 0.717) is 23.1 Å². The Morgan fingerprint density at radius 3 is 2.95 bits per heavy atom. The van der Waals surface area contributed by atoms with Crippen LogP contribution in [0.2, 0.25) is 0 Å². The molecule has 0 aliphatic heterocycles. The fourth-order valence-electron chi connectivity index (χ4n) is 1.96. The van der Waals surface area contributed by atoms with Crippen molar-refractivity contribution in [2.24, 2.45) is 0 Å². The van der Waals surface area contributed by atoms with E-state index in [1.807, 2.05) is 13.0 Å². The summed E-state index contributed by atoms with van der Waals surface area (Å²) in [6.45, 7) is 5.90. The third-order valence-electron chi connectivity index (χ3n) is 3.02. The van der Waals surface area contributed by atoms with Gasteiger partial charge >= 0.3 is 5.69 Å². The van der Waals surface area contributed by atoms with Gasteiger partial charge in [-0.25, -0.2) is 14.3 Å². The molecule has 0 saturated heterocycles. The number of nitrogens with one attached hydrogen (secondary N) is 2. The van der Waals surface area contributed by atoms with Crippen LogP contribution in [0.3, 0.4) is 0 Å². The van der Waals surface area contributed by atoms with Crippen LogP contribution in [-0.2, 0) is 13.1 Å². The summed E-state index contributed by atoms with van der Waals surface area (Å²) >= 11 is 1.18. The maximum Gasteiger partial charge on any atom is 0.343 e. The van der Waals surface area contributed by atoms with E-state index >= 15 is 0 Å². The Balaban J connectivity index is 2.27. The van der Waals surface area contributed by atoms with E-state index < -0.39 is 0 Å². The van der Waals surface area contributed by atoms with E-state index in [2.05, 4.69) is 22.4 Å². The van der Waals surface area contributed by atoms with E-state index in [4.69, 9.17) is 0 Å². The second kappa shape index (κ2) is 7.42. The van der Waals surface area contributed by atoms with Crippen LogP contribution in [0.25, 0.3) is 0 Å². The molecule has 0 radical (unpaired) electrons. The standard InChI is InChI=1S/C14H19FN4OS/c1-3-8-16-9-10-6-5-7-11(15)12(10)21-14-18-17-13(20)19(14)4-2/h5-7,16H,3-4,8-9H2,1-2H3,(H,17,20). The van der Waals surface area contributed by atoms with Crippen molar-refractivity contribution in [3.05, 3.63) is 40.1 Å². The molecule has 0 aliphatic carbocycles. The van der Waals surface area contributed by atoms with Gasteiger partial charge in [0.05, 0.1) is 4.90 Å². The summed E-state index contributed by atoms with van der Waals surface area (Å²) in [5.74, 6) is -0.297. The Labute approximate surface area is 127 Å². The molecular formula is C14H19FN4OS. The molecule has 0 saturated carbocycles. The number of hydrogen-bond acceptors (Lipinski definition) is 4. The van der Waals surface area contributed by atoms with Crippen LogP contribution in [-0.4, -0.2) is 21.3 Å². The summed E-state index contributed by atoms with van der Waals surface area (Å²) in [5.41, 5.74) is 0.591. The SMILES string of the molecule is CCCNCc1cccc(F)c1Sc1n[nH]c(=O)n1CC. The van der Waals surface area contributed by atoms with Crippen molar-refractivity contribution in [3.8, 4) is 0 Å². The maximum absolute atomic E-state index is 14.1. The van der Waals surface area contributed by atoms with Gasteiger partial charge in [0, 0.05) is 13.1 Å². The average Bonchev–Trinajstić information content (AvgIpc) is 2.82. The first-order valence-corrected chi connectivity index (χ1v) is 7.80. The number of hydrogen-bond donors (Lipinski definition) is 2. The number of rotatable bonds is 7. The molecule has 0 spiro atoms. The van der Waals surface area contributed by atoms with Crippen LogP contribution < -0.4 is 11.0 Å². The largest absolute Gasteiger partial charge is 0.343 e. The summed E-state index contributed by atoms with van der Waals surface area (Å²) in [6, 6.07) is 5.00. The lowest BCUT2D eigenvalue weighted by molar-refractivity contribution is 0.587. The monoisotopic (exact) mass is 310 g/mol. The predicted molar refractivity (Wildman–Crippen MR) is 81.0 cm³/mol. The summed E-state index contributed by atoms with van der Waals surface area (Å²) < 4.78 is 15.6. The van der Waals surface area contributed by atoms with Gasteiger partial charge in [-0.05, 0) is 43.3 Å². The number of H-pyrrole nitrogens is 1. The second-order valence-electron chi connectivity index (χ2n) is 4.56. The summed E-state index contributed by atoms with van der Waals surface area (Å²) in [6.07, 6.45) is 1.02. The zero-order valence-electron chi connectivity index (χ0n) is 12.1. The van der Waals surface area contributed by atoms with Gasteiger partial charge in [-0.15, -0.1) is 5.10 Å². The molecule has 0 unspecified atom stereocenters. The molecule has 0 amide bonds. The number of benzene rings is 1. The quantitative estimate of drug-likeness (QED) is 0.771. The number of halogens is 1. The Bertz CT molecular complexity index is 653. The fourth-order valence-corrected chi connectivity index (χ4v) is 2.99. The first-order valence-electron chi connectivity index (χ1n) is 6.98. The lowest BCUT2D eigenvalue weighted by Gasteiger charge is -2.10. The molecule has 5 nitrogen and oxygen atoms in total. The Kier molecular flexibility index (Phi) is 5.58. The molecule has 1 aromatic carbocycles. The highest BCUT2D eigenvalue weighted by molar-refractivity contribution is 7.99. The molecule has 0 aliphatic rings. The van der Waals surface area contributed by atoms with E-state index in [-0.39, 0.29) is 11.5 Å². The first-order chi connectivity index (χ1) is 10.2. The van der Waals surface area contributed by atoms with E-state index in [0.717, 1.165) is 18.5 Å². The molecule has 21 heavy (non-hydrogen) atoms. The molecule has 114 valence electrons. The topological polar surface area (TPSA) is 62.7 Å². The third kappa shape index (κ3) is 3.74. The molecule has 1 aromatic heterocycles. The Morgan fingerprint density at radius 2 is 2.24 bits per heavy atom. The lowest BCUT2D eigenvalue weighted by Crippen LogP contribution is -2.16. The summed E-state index contributed by atoms with van der Waals surface area (Å²) in [7, 11) is 0. The van der Waals surface area contributed by atoms with Gasteiger partial charge in [0.1, 0.15) is 5.82 Å². The van der Waals surface area contributed by atoms with Gasteiger partial charge in [0.2, 0.25) is 0 Å². The molecule has 0 fully saturated rings. The normalized spacial score (nSPS) is 11.0. The summed E-state index contributed by atoms with van der Waals surface area (Å²) in [5, 5.41) is 10.1. The zero-order valence-corrected chi connectivity index (χ0v) is 13.0. The van der Waals surface area contributed by atoms with Crippen LogP contribution in [0.1, 0.15) is 25.8 Å². The van der Waals surface area contributed by atoms with Crippen molar-refractivity contribution >= 4 is 11.8 Å². The average molecular weight is 310 g/mol. The highest BCUT2D eigenvalue weighted by Crippen LogP contribution is 2.31. The van der Waals surface area contributed by atoms with Crippen molar-refractivity contribution in [1.29, 1.82) is 0 Å². The zero-order chi connectivity index (χ0) is 15.2. The van der Waals surface area contributed by atoms with Crippen molar-refractivity contribution < 1.29 is 4.39 Å². The van der Waals surface area contributed by atoms with Crippen LogP contribution >= 0.6 is 11.8 Å². The van der Waals surface area contributed by atoms with Gasteiger partial charge in [-0.3, -0.25) is 4.57 Å². The van der Waals surface area contributed by atoms with Gasteiger partial charge in [-0.2, -0.15) is 0 Å². The van der Waals surface area contributed by atoms with Crippen molar-refractivity contribution in [3.63, 3.8) is 0 Å². The predicted octanol–water partition coefficient (Wildman–Crippen LogP) is 2.38. The molecule has 0 bridgehead atoms. The molecule has 2 N–H and O–H groups in total. The maximum atomic E-state index is 14.1. The van der Waals surface area contributed by atoms with Crippen LogP contribution in [0.5, 0.6) is 0 Å². The van der Waals surface area contributed by atoms with E-state index in [1.165, 1.54) is 22.4 Å². The van der Waals surface area contributed by atoms with Crippen molar-refractivity contribution in [2.45, 2.75) is 43.4 Å². The van der Waals surface area contributed by atoms with Crippen LogP contribution in [0.4, 0.5) is 4.39 Å². The van der Waals surface area contributed by atoms with E-state index in [1.54, 1.807) is 6.07 Å². The second-order valence-corrected chi connectivity index (χ2v) is 5.54. The first kappa shape index (κ1) is 15.8. The molecular weight excluding hydrogens is 291 g/mol. The number of nitrogens with zero attached hydrogens (tertiary/aromatic N) is 2. The minimum absolute atomic E-state index is 0.276. The third-order valence-corrected chi connectivity index (χ3v) is 4.18. The Hall–Kier alpha value is -1.60. The molecule has 0 atom stereocenters. The van der Waals surface area contributed by atoms with Crippen molar-refractivity contribution in [2.75, 3.05) is 6.54 Å². The lowest BCUT2D eigenvalue weighted by atomic mass is 10.2. The number of aromatic nitrogens is 3. The minimum atomic E-state index is -0.297. The molecule has 7 heteroatoms. The Morgan fingerprint density at radius 1 is 1.43 bits per heavy atom. The highest BCUT2D eigenvalue weighted by atomic mass is 32.2. The van der Waals surface area contributed by atoms with Gasteiger partial charge in [0.15, 0.2) is 5.16 Å². The molecule has 2 aromatic rings. The summed E-state index contributed by atoms with van der Waals surface area (Å²) in [4.78, 5) is 12.1. The minimum Gasteiger partial charge on any atom is -0.313 e. The van der Waals surface area contributed by atoms with Crippen LogP contribution in [0.15, 0.2) is 33.0 Å². The van der Waals surface area contributed by atoms with Gasteiger partial charge in [-0.1, -0.05) is 19.1 Å². The van der Waals surface area contributed by atoms with Crippen LogP contribution in [0, 0.1) is 5.82 Å². The highest BCUT2D eigenvalue weighted by Gasteiger charge is 2.14. The molecule has 1 heterocycles. The fraction of sp³-hybridized carbons (Fsp3) is 0.429. The number of aromatic amines is 1. The smallest absolute Gasteiger partial charge is 0.313 e. The van der Waals surface area contributed by atoms with Crippen molar-refractivity contribution in [1.82, 2.24) is 20.1 Å². The van der Waals surface area contributed by atoms with Gasteiger partial charge < -0.3 is 5.32 Å². The van der Waals surface area contributed by atoms with E-state index in [9.17, 15) is 9.18 Å². The molecule has 2 rings (SSSR count). The van der Waals surface area contributed by atoms with Gasteiger partial charge in [0.25, 0.3) is 0 Å².